The molecule has 0 atom stereocenters. The lowest BCUT2D eigenvalue weighted by Gasteiger charge is -2.55. The minimum atomic E-state index is -0.247. The van der Waals surface area contributed by atoms with E-state index < -0.39 is 0 Å². The third-order valence-electron chi connectivity index (χ3n) is 14.6. The molecule has 0 unspecified atom stereocenters. The Kier molecular flexibility index (Phi) is 7.41. The predicted molar refractivity (Wildman–Crippen MR) is 258 cm³/mol. The number of benzene rings is 9. The molecule has 294 valence electrons. The number of rotatable bonds is 5. The first-order valence-corrected chi connectivity index (χ1v) is 21.8. The molecule has 0 amide bonds. The van der Waals surface area contributed by atoms with Crippen molar-refractivity contribution in [1.29, 1.82) is 0 Å². The Morgan fingerprint density at radius 2 is 0.639 bits per heavy atom. The second kappa shape index (κ2) is 12.6. The molecule has 0 saturated carbocycles. The lowest BCUT2D eigenvalue weighted by atomic mass is 9.61. The third kappa shape index (κ3) is 5.09. The van der Waals surface area contributed by atoms with Crippen molar-refractivity contribution in [1.82, 2.24) is 0 Å². The summed E-state index contributed by atoms with van der Waals surface area (Å²) in [5.74, 6) is 0. The van der Waals surface area contributed by atoms with Gasteiger partial charge in [0.25, 0.3) is 0 Å². The molecule has 0 radical (unpaired) electrons. The fourth-order valence-electron chi connectivity index (χ4n) is 11.1. The molecule has 12 rings (SSSR count). The Hall–Kier alpha value is -6.90. The molecule has 0 fully saturated rings. The number of hydrogen-bond acceptors (Lipinski definition) is 2. The molecule has 61 heavy (non-hydrogen) atoms. The molecule has 0 saturated heterocycles. The van der Waals surface area contributed by atoms with Crippen LogP contribution in [0.5, 0.6) is 0 Å². The summed E-state index contributed by atoms with van der Waals surface area (Å²) in [6.45, 7) is 14.6. The van der Waals surface area contributed by atoms with Gasteiger partial charge in [-0.3, -0.25) is 0 Å². The molecule has 0 N–H and O–H groups in total. The molecular weight excluding hydrogens is 737 g/mol. The summed E-state index contributed by atoms with van der Waals surface area (Å²) < 4.78 is 0. The highest BCUT2D eigenvalue weighted by Gasteiger charge is 2.51. The van der Waals surface area contributed by atoms with Crippen LogP contribution >= 0.6 is 0 Å². The van der Waals surface area contributed by atoms with Crippen molar-refractivity contribution in [3.63, 3.8) is 0 Å². The van der Waals surface area contributed by atoms with E-state index in [-0.39, 0.29) is 16.2 Å². The summed E-state index contributed by atoms with van der Waals surface area (Å²) >= 11 is 0. The van der Waals surface area contributed by atoms with Gasteiger partial charge in [0, 0.05) is 33.3 Å². The summed E-state index contributed by atoms with van der Waals surface area (Å²) in [7, 11) is 0. The highest BCUT2D eigenvalue weighted by molar-refractivity contribution is 6.00. The van der Waals surface area contributed by atoms with E-state index in [9.17, 15) is 0 Å². The van der Waals surface area contributed by atoms with Crippen molar-refractivity contribution in [2.75, 3.05) is 9.80 Å². The monoisotopic (exact) mass is 784 g/mol. The van der Waals surface area contributed by atoms with E-state index in [1.54, 1.807) is 0 Å². The van der Waals surface area contributed by atoms with Crippen LogP contribution in [0, 0.1) is 0 Å². The molecule has 3 aliphatic rings. The van der Waals surface area contributed by atoms with E-state index in [0.29, 0.717) is 0 Å². The number of fused-ring (bicyclic) bond motifs is 2. The Bertz CT molecular complexity index is 3060. The van der Waals surface area contributed by atoms with Crippen molar-refractivity contribution in [3.05, 3.63) is 215 Å². The van der Waals surface area contributed by atoms with Crippen molar-refractivity contribution < 1.29 is 0 Å². The second-order valence-corrected chi connectivity index (χ2v) is 19.1. The summed E-state index contributed by atoms with van der Waals surface area (Å²) in [6, 6.07) is 68.2. The van der Waals surface area contributed by atoms with Crippen LogP contribution in [-0.4, -0.2) is 0 Å². The van der Waals surface area contributed by atoms with Crippen LogP contribution in [0.2, 0.25) is 0 Å². The zero-order chi connectivity index (χ0) is 41.4. The van der Waals surface area contributed by atoms with Crippen molar-refractivity contribution in [3.8, 4) is 22.3 Å². The average molecular weight is 785 g/mol. The zero-order valence-corrected chi connectivity index (χ0v) is 35.7. The largest absolute Gasteiger partial charge is 0.310 e. The fourth-order valence-corrected chi connectivity index (χ4v) is 11.1. The van der Waals surface area contributed by atoms with Crippen LogP contribution in [0.4, 0.5) is 34.1 Å². The number of anilines is 6. The Morgan fingerprint density at radius 3 is 1.05 bits per heavy atom. The van der Waals surface area contributed by atoms with E-state index in [1.165, 1.54) is 99.9 Å². The smallest absolute Gasteiger partial charge is 0.0545 e. The van der Waals surface area contributed by atoms with Crippen molar-refractivity contribution in [2.45, 2.75) is 57.8 Å². The van der Waals surface area contributed by atoms with Crippen LogP contribution < -0.4 is 9.80 Å². The molecule has 3 heterocycles. The molecule has 2 heteroatoms. The second-order valence-electron chi connectivity index (χ2n) is 19.1. The number of hydrogen-bond donors (Lipinski definition) is 0. The highest BCUT2D eigenvalue weighted by Crippen LogP contribution is 2.66. The topological polar surface area (TPSA) is 6.48 Å². The van der Waals surface area contributed by atoms with Gasteiger partial charge < -0.3 is 9.80 Å². The first kappa shape index (κ1) is 36.0. The van der Waals surface area contributed by atoms with Gasteiger partial charge in [-0.1, -0.05) is 175 Å². The molecular formula is C59H48N2. The van der Waals surface area contributed by atoms with E-state index in [4.69, 9.17) is 0 Å². The number of para-hydroxylation sites is 2. The lowest BCUT2D eigenvalue weighted by molar-refractivity contribution is 0.566. The zero-order valence-electron chi connectivity index (χ0n) is 35.7. The molecule has 3 aliphatic heterocycles. The maximum Gasteiger partial charge on any atom is 0.0545 e. The third-order valence-corrected chi connectivity index (χ3v) is 14.6. The van der Waals surface area contributed by atoms with E-state index >= 15 is 0 Å². The molecule has 9 aromatic carbocycles. The molecule has 0 bridgehead atoms. The molecule has 2 nitrogen and oxygen atoms in total. The van der Waals surface area contributed by atoms with Gasteiger partial charge in [0.2, 0.25) is 0 Å². The Labute approximate surface area is 359 Å². The maximum absolute atomic E-state index is 2.66. The van der Waals surface area contributed by atoms with Gasteiger partial charge in [0.15, 0.2) is 0 Å². The summed E-state index contributed by atoms with van der Waals surface area (Å²) in [6.07, 6.45) is 0. The van der Waals surface area contributed by atoms with Crippen LogP contribution in [0.15, 0.2) is 182 Å². The van der Waals surface area contributed by atoms with Crippen LogP contribution in [0.1, 0.15) is 74.9 Å². The molecule has 0 spiro atoms. The van der Waals surface area contributed by atoms with Crippen molar-refractivity contribution in [2.24, 2.45) is 0 Å². The minimum absolute atomic E-state index is 0.122. The van der Waals surface area contributed by atoms with Gasteiger partial charge in [0.05, 0.1) is 17.1 Å². The van der Waals surface area contributed by atoms with E-state index in [0.717, 1.165) is 11.4 Å². The summed E-state index contributed by atoms with van der Waals surface area (Å²) in [4.78, 5) is 5.14. The highest BCUT2D eigenvalue weighted by atomic mass is 15.2. The first-order chi connectivity index (χ1) is 29.5. The molecule has 9 aromatic rings. The minimum Gasteiger partial charge on any atom is -0.310 e. The molecule has 0 aromatic heterocycles. The van der Waals surface area contributed by atoms with Gasteiger partial charge in [-0.25, -0.2) is 0 Å². The maximum atomic E-state index is 2.66. The van der Waals surface area contributed by atoms with E-state index in [1.807, 2.05) is 0 Å². The quantitative estimate of drug-likeness (QED) is 0.171. The normalized spacial score (nSPS) is 15.7. The fraction of sp³-hybridized carbons (Fsp3) is 0.153. The van der Waals surface area contributed by atoms with Crippen LogP contribution in [0.25, 0.3) is 43.8 Å². The van der Waals surface area contributed by atoms with Crippen molar-refractivity contribution >= 4 is 55.7 Å². The van der Waals surface area contributed by atoms with Gasteiger partial charge in [-0.05, 0) is 126 Å². The molecule has 0 aliphatic carbocycles. The summed E-state index contributed by atoms with van der Waals surface area (Å²) in [5.41, 5.74) is 20.1. The number of nitrogens with zero attached hydrogens (tertiary/aromatic N) is 2. The predicted octanol–water partition coefficient (Wildman–Crippen LogP) is 16.2. The van der Waals surface area contributed by atoms with Gasteiger partial charge in [-0.2, -0.15) is 0 Å². The SMILES string of the molecule is CC1(C)c2cccc3c2N2c4c1cccc4C(C)(C)c1cc(N(c4ccc(-c5ccc6ccccc6c5)cc4)c4ccc(-c5ccc6ccccc6c5)cc4)cc(c12)C3(C)C. The Balaban J connectivity index is 1.06. The first-order valence-electron chi connectivity index (χ1n) is 21.8. The van der Waals surface area contributed by atoms with Gasteiger partial charge in [-0.15, -0.1) is 0 Å². The van der Waals surface area contributed by atoms with Gasteiger partial charge >= 0.3 is 0 Å². The average Bonchev–Trinajstić information content (AvgIpc) is 3.28. The van der Waals surface area contributed by atoms with Crippen LogP contribution in [-0.2, 0) is 16.2 Å². The summed E-state index contributed by atoms with van der Waals surface area (Å²) in [5, 5.41) is 5.03. The lowest BCUT2D eigenvalue weighted by Crippen LogP contribution is -2.43. The van der Waals surface area contributed by atoms with E-state index in [2.05, 4.69) is 233 Å². The van der Waals surface area contributed by atoms with Gasteiger partial charge in [0.1, 0.15) is 0 Å². The standard InChI is InChI=1S/C59H48N2/c1-57(2)48-17-11-19-50-54(48)61-55-49(57)18-12-20-51(55)59(5,6)53-36-47(35-52(56(53)61)58(50,3)4)60(45-29-25-39(26-30-45)43-23-21-37-13-7-9-15-41(37)33-43)46-31-27-40(28-32-46)44-24-22-38-14-8-10-16-42(38)34-44/h7-36H,1-6H3. The Morgan fingerprint density at radius 1 is 0.295 bits per heavy atom. The van der Waals surface area contributed by atoms with Crippen LogP contribution in [0.3, 0.4) is 0 Å².